The molecule has 1 atom stereocenters. The second kappa shape index (κ2) is 8.18. The first-order valence-electron chi connectivity index (χ1n) is 8.41. The van der Waals surface area contributed by atoms with Gasteiger partial charge in [-0.15, -0.1) is 0 Å². The van der Waals surface area contributed by atoms with Gasteiger partial charge in [0.25, 0.3) is 5.91 Å². The minimum absolute atomic E-state index is 0.0202. The molecule has 1 fully saturated rings. The van der Waals surface area contributed by atoms with Gasteiger partial charge in [0.15, 0.2) is 11.3 Å². The molecule has 0 aromatic heterocycles. The monoisotopic (exact) mass is 398 g/mol. The van der Waals surface area contributed by atoms with Crippen LogP contribution in [0.3, 0.4) is 0 Å². The number of amidine groups is 1. The molecule has 1 aliphatic rings. The van der Waals surface area contributed by atoms with E-state index in [9.17, 15) is 14.7 Å². The minimum Gasteiger partial charge on any atom is -0.506 e. The number of aromatic hydroxyl groups is 1. The third-order valence-corrected chi connectivity index (χ3v) is 4.77. The first kappa shape index (κ1) is 19.5. The molecule has 1 heterocycles. The van der Waals surface area contributed by atoms with Crippen molar-refractivity contribution in [2.24, 2.45) is 4.99 Å². The van der Waals surface area contributed by atoms with Gasteiger partial charge in [-0.25, -0.2) is 9.79 Å². The quantitative estimate of drug-likeness (QED) is 0.666. The Labute approximate surface area is 165 Å². The molecule has 0 radical (unpaired) electrons. The Morgan fingerprint density at radius 3 is 2.79 bits per heavy atom. The number of nitrogens with one attached hydrogen (secondary N) is 1. The summed E-state index contributed by atoms with van der Waals surface area (Å²) in [6.07, 6.45) is 0.591. The number of para-hydroxylation sites is 1. The fraction of sp³-hybridized carbons (Fsp3) is 0.150. The highest BCUT2D eigenvalue weighted by Gasteiger charge is 2.25. The Hall–Kier alpha value is -3.26. The number of phenols is 1. The molecule has 2 aromatic rings. The molecule has 0 bridgehead atoms. The number of carbonyl (C=O) groups is 2. The lowest BCUT2D eigenvalue weighted by atomic mass is 10.2. The maximum Gasteiger partial charge on any atom is 0.344 e. The molecule has 8 heteroatoms. The van der Waals surface area contributed by atoms with Gasteiger partial charge in [0.2, 0.25) is 0 Å². The van der Waals surface area contributed by atoms with Crippen LogP contribution >= 0.6 is 11.8 Å². The molecular weight excluding hydrogens is 380 g/mol. The van der Waals surface area contributed by atoms with Crippen LogP contribution in [-0.4, -0.2) is 33.4 Å². The topological polar surface area (TPSA) is 108 Å². The lowest BCUT2D eigenvalue weighted by molar-refractivity contribution is -0.144. The van der Waals surface area contributed by atoms with E-state index in [1.54, 1.807) is 48.5 Å². The summed E-state index contributed by atoms with van der Waals surface area (Å²) in [5, 5.41) is 22.0. The van der Waals surface area contributed by atoms with Crippen molar-refractivity contribution in [1.82, 2.24) is 5.32 Å². The average Bonchev–Trinajstić information content (AvgIpc) is 2.98. The number of aryl methyl sites for hydroxylation is 1. The number of carbonyl (C=O) groups excluding carboxylic acids is 1. The van der Waals surface area contributed by atoms with E-state index in [0.29, 0.717) is 27.1 Å². The van der Waals surface area contributed by atoms with Crippen molar-refractivity contribution in [3.8, 4) is 11.5 Å². The summed E-state index contributed by atoms with van der Waals surface area (Å²) in [5.41, 5.74) is 1.87. The number of hydrogen-bond acceptors (Lipinski definition) is 6. The number of hydrogen-bond donors (Lipinski definition) is 3. The van der Waals surface area contributed by atoms with Crippen molar-refractivity contribution < 1.29 is 24.5 Å². The number of ether oxygens (including phenoxy) is 1. The van der Waals surface area contributed by atoms with Crippen LogP contribution in [0.1, 0.15) is 18.1 Å². The van der Waals surface area contributed by atoms with E-state index < -0.39 is 12.1 Å². The van der Waals surface area contributed by atoms with Crippen LogP contribution in [0.15, 0.2) is 52.4 Å². The summed E-state index contributed by atoms with van der Waals surface area (Å²) in [5.74, 6) is -1.04. The third kappa shape index (κ3) is 4.52. The molecule has 28 heavy (non-hydrogen) atoms. The van der Waals surface area contributed by atoms with Crippen LogP contribution in [0.5, 0.6) is 11.5 Å². The SMILES string of the molecule is Cc1ccc(O)c(N=C2NC(=O)/C(=C\c3ccccc3OC(C)C(=O)O)S2)c1. The van der Waals surface area contributed by atoms with Crippen molar-refractivity contribution in [1.29, 1.82) is 0 Å². The predicted molar refractivity (Wildman–Crippen MR) is 108 cm³/mol. The van der Waals surface area contributed by atoms with Crippen LogP contribution in [0.25, 0.3) is 6.08 Å². The van der Waals surface area contributed by atoms with Crippen molar-refractivity contribution in [2.45, 2.75) is 20.0 Å². The summed E-state index contributed by atoms with van der Waals surface area (Å²) >= 11 is 1.12. The molecule has 0 saturated carbocycles. The molecular formula is C20H18N2O5S. The van der Waals surface area contributed by atoms with Gasteiger partial charge < -0.3 is 20.3 Å². The van der Waals surface area contributed by atoms with E-state index in [1.807, 2.05) is 6.92 Å². The number of aliphatic carboxylic acids is 1. The summed E-state index contributed by atoms with van der Waals surface area (Å²) in [6, 6.07) is 11.9. The molecule has 2 aromatic carbocycles. The van der Waals surface area contributed by atoms with E-state index in [0.717, 1.165) is 17.3 Å². The second-order valence-corrected chi connectivity index (χ2v) is 7.14. The number of phenolic OH excluding ortho intramolecular Hbond substituents is 1. The average molecular weight is 398 g/mol. The predicted octanol–water partition coefficient (Wildman–Crippen LogP) is 3.44. The van der Waals surface area contributed by atoms with Gasteiger partial charge >= 0.3 is 5.97 Å². The van der Waals surface area contributed by atoms with E-state index >= 15 is 0 Å². The molecule has 1 amide bonds. The highest BCUT2D eigenvalue weighted by Crippen LogP contribution is 2.33. The molecule has 7 nitrogen and oxygen atoms in total. The Bertz CT molecular complexity index is 1000. The Kier molecular flexibility index (Phi) is 5.70. The summed E-state index contributed by atoms with van der Waals surface area (Å²) in [4.78, 5) is 28.0. The van der Waals surface area contributed by atoms with Crippen molar-refractivity contribution in [2.75, 3.05) is 0 Å². The van der Waals surface area contributed by atoms with Crippen molar-refractivity contribution in [3.63, 3.8) is 0 Å². The summed E-state index contributed by atoms with van der Waals surface area (Å²) < 4.78 is 5.46. The number of nitrogens with zero attached hydrogens (tertiary/aromatic N) is 1. The van der Waals surface area contributed by atoms with E-state index in [2.05, 4.69) is 10.3 Å². The van der Waals surface area contributed by atoms with Gasteiger partial charge in [-0.2, -0.15) is 0 Å². The highest BCUT2D eigenvalue weighted by molar-refractivity contribution is 8.18. The van der Waals surface area contributed by atoms with Gasteiger partial charge in [0, 0.05) is 5.56 Å². The van der Waals surface area contributed by atoms with Gasteiger partial charge in [-0.1, -0.05) is 24.3 Å². The fourth-order valence-electron chi connectivity index (χ4n) is 2.40. The summed E-state index contributed by atoms with van der Waals surface area (Å²) in [6.45, 7) is 3.31. The second-order valence-electron chi connectivity index (χ2n) is 6.11. The number of thioether (sulfide) groups is 1. The Balaban J connectivity index is 1.86. The largest absolute Gasteiger partial charge is 0.506 e. The number of carboxylic acid groups (broad SMARTS) is 1. The van der Waals surface area contributed by atoms with Crippen LogP contribution in [-0.2, 0) is 9.59 Å². The first-order chi connectivity index (χ1) is 13.3. The van der Waals surface area contributed by atoms with Crippen LogP contribution in [0, 0.1) is 6.92 Å². The van der Waals surface area contributed by atoms with Crippen LogP contribution in [0.4, 0.5) is 5.69 Å². The lowest BCUT2D eigenvalue weighted by Gasteiger charge is -2.12. The number of rotatable bonds is 5. The molecule has 3 rings (SSSR count). The molecule has 1 saturated heterocycles. The number of benzene rings is 2. The van der Waals surface area contributed by atoms with Crippen LogP contribution < -0.4 is 10.1 Å². The Morgan fingerprint density at radius 1 is 1.29 bits per heavy atom. The number of aliphatic imine (C=N–C) groups is 1. The zero-order valence-corrected chi connectivity index (χ0v) is 16.0. The van der Waals surface area contributed by atoms with E-state index in [1.165, 1.54) is 6.92 Å². The molecule has 1 aliphatic heterocycles. The smallest absolute Gasteiger partial charge is 0.344 e. The zero-order chi connectivity index (χ0) is 20.3. The standard InChI is InChI=1S/C20H18N2O5S/c1-11-7-8-15(23)14(9-11)21-20-22-18(24)17(28-20)10-13-5-3-4-6-16(13)27-12(2)19(25)26/h3-10,12,23H,1-2H3,(H,25,26)(H,21,22,24)/b17-10+. The molecule has 3 N–H and O–H groups in total. The van der Waals surface area contributed by atoms with Crippen molar-refractivity contribution >= 4 is 40.6 Å². The minimum atomic E-state index is -1.08. The molecule has 144 valence electrons. The molecule has 1 unspecified atom stereocenters. The number of carboxylic acids is 1. The molecule has 0 spiro atoms. The maximum atomic E-state index is 12.3. The van der Waals surface area contributed by atoms with E-state index in [4.69, 9.17) is 9.84 Å². The first-order valence-corrected chi connectivity index (χ1v) is 9.23. The number of amides is 1. The van der Waals surface area contributed by atoms with Gasteiger partial charge in [-0.05, 0) is 55.4 Å². The maximum absolute atomic E-state index is 12.3. The van der Waals surface area contributed by atoms with Gasteiger partial charge in [0.1, 0.15) is 17.2 Å². The summed E-state index contributed by atoms with van der Waals surface area (Å²) in [7, 11) is 0. The lowest BCUT2D eigenvalue weighted by Crippen LogP contribution is -2.23. The van der Waals surface area contributed by atoms with Gasteiger partial charge in [0.05, 0.1) is 4.91 Å². The zero-order valence-electron chi connectivity index (χ0n) is 15.2. The van der Waals surface area contributed by atoms with Crippen LogP contribution in [0.2, 0.25) is 0 Å². The third-order valence-electron chi connectivity index (χ3n) is 3.86. The van der Waals surface area contributed by atoms with Crippen molar-refractivity contribution in [3.05, 3.63) is 58.5 Å². The Morgan fingerprint density at radius 2 is 2.04 bits per heavy atom. The highest BCUT2D eigenvalue weighted by atomic mass is 32.2. The fourth-order valence-corrected chi connectivity index (χ4v) is 3.23. The van der Waals surface area contributed by atoms with E-state index in [-0.39, 0.29) is 11.7 Å². The van der Waals surface area contributed by atoms with Gasteiger partial charge in [-0.3, -0.25) is 4.79 Å². The molecule has 0 aliphatic carbocycles. The normalized spacial score (nSPS) is 17.6.